The molecule has 1 amide bonds. The molecule has 0 unspecified atom stereocenters. The zero-order chi connectivity index (χ0) is 32.6. The van der Waals surface area contributed by atoms with Crippen LogP contribution in [0.4, 0.5) is 4.39 Å². The first-order valence-corrected chi connectivity index (χ1v) is 15.0. The van der Waals surface area contributed by atoms with Crippen molar-refractivity contribution in [1.82, 2.24) is 24.3 Å². The minimum absolute atomic E-state index is 0. The third-order valence-corrected chi connectivity index (χ3v) is 8.37. The van der Waals surface area contributed by atoms with Crippen LogP contribution in [0.5, 0.6) is 0 Å². The van der Waals surface area contributed by atoms with E-state index in [4.69, 9.17) is 10.5 Å². The summed E-state index contributed by atoms with van der Waals surface area (Å²) in [5.41, 5.74) is 9.35. The average Bonchev–Trinajstić information content (AvgIpc) is 3.69. The van der Waals surface area contributed by atoms with E-state index in [0.717, 1.165) is 39.2 Å². The number of carboxylic acids is 1. The van der Waals surface area contributed by atoms with Gasteiger partial charge in [-0.25, -0.2) is 23.5 Å². The number of amides is 1. The van der Waals surface area contributed by atoms with E-state index in [9.17, 15) is 23.9 Å². The molecule has 14 heteroatoms. The van der Waals surface area contributed by atoms with Gasteiger partial charge < -0.3 is 20.9 Å². The molecule has 6 rings (SSSR count). The summed E-state index contributed by atoms with van der Waals surface area (Å²) < 4.78 is 25.9. The summed E-state index contributed by atoms with van der Waals surface area (Å²) in [6.07, 6.45) is 2.11. The van der Waals surface area contributed by atoms with Gasteiger partial charge in [-0.3, -0.25) is 4.79 Å². The van der Waals surface area contributed by atoms with Crippen molar-refractivity contribution in [3.63, 3.8) is 0 Å². The summed E-state index contributed by atoms with van der Waals surface area (Å²) in [5.74, 6) is -3.23. The van der Waals surface area contributed by atoms with Crippen molar-refractivity contribution in [2.24, 2.45) is 5.73 Å². The third-order valence-electron chi connectivity index (χ3n) is 7.45. The Balaban J connectivity index is 0.000000309. The minimum Gasteiger partial charge on any atom is -0.477 e. The molecular weight excluding hydrogens is 635 g/mol. The molecule has 0 fully saturated rings. The van der Waals surface area contributed by atoms with E-state index in [1.165, 1.54) is 15.6 Å². The molecule has 5 aromatic rings. The minimum atomic E-state index is -1.39. The van der Waals surface area contributed by atoms with Crippen molar-refractivity contribution < 1.29 is 28.6 Å². The second-order valence-electron chi connectivity index (χ2n) is 11.7. The second kappa shape index (κ2) is 13.5. The summed E-state index contributed by atoms with van der Waals surface area (Å²) >= 11 is 1.54. The highest BCUT2D eigenvalue weighted by atomic mass is 35.5. The van der Waals surface area contributed by atoms with E-state index in [1.54, 1.807) is 44.4 Å². The van der Waals surface area contributed by atoms with Gasteiger partial charge in [-0.2, -0.15) is 9.47 Å². The van der Waals surface area contributed by atoms with Gasteiger partial charge in [0, 0.05) is 18.0 Å². The lowest BCUT2D eigenvalue weighted by Gasteiger charge is -2.21. The number of hydrogen-bond donors (Lipinski definition) is 3. The van der Waals surface area contributed by atoms with E-state index in [1.807, 2.05) is 13.8 Å². The lowest BCUT2D eigenvalue weighted by Crippen LogP contribution is -2.29. The number of ether oxygens (including phenoxy) is 1. The number of nitrogens with zero attached hydrogens (tertiary/aromatic N) is 4. The van der Waals surface area contributed by atoms with E-state index < -0.39 is 35.0 Å². The smallest absolute Gasteiger partial charge is 0.354 e. The number of halogens is 2. The van der Waals surface area contributed by atoms with E-state index in [-0.39, 0.29) is 29.8 Å². The van der Waals surface area contributed by atoms with Crippen LogP contribution in [0.15, 0.2) is 42.6 Å². The molecule has 242 valence electrons. The Morgan fingerprint density at radius 1 is 1.17 bits per heavy atom. The molecule has 0 aliphatic heterocycles. The van der Waals surface area contributed by atoms with Gasteiger partial charge in [-0.1, -0.05) is 12.1 Å². The van der Waals surface area contributed by atoms with Gasteiger partial charge in [0.25, 0.3) is 5.91 Å². The maximum absolute atomic E-state index is 14.0. The maximum Gasteiger partial charge on any atom is 0.354 e. The lowest BCUT2D eigenvalue weighted by atomic mass is 9.97. The molecule has 4 N–H and O–H groups in total. The Hall–Kier alpha value is -4.46. The number of hydrogen-bond acceptors (Lipinski definition) is 9. The van der Waals surface area contributed by atoms with Crippen LogP contribution in [0, 0.1) is 19.7 Å². The van der Waals surface area contributed by atoms with Crippen LogP contribution in [0.25, 0.3) is 15.7 Å². The Bertz CT molecular complexity index is 1970. The predicted molar refractivity (Wildman–Crippen MR) is 174 cm³/mol. The van der Waals surface area contributed by atoms with Crippen molar-refractivity contribution in [3.8, 4) is 0 Å². The Morgan fingerprint density at radius 3 is 2.59 bits per heavy atom. The highest BCUT2D eigenvalue weighted by Crippen LogP contribution is 2.35. The number of carbonyl (C=O) groups is 3. The maximum atomic E-state index is 14.0. The molecule has 0 radical (unpaired) electrons. The molecule has 46 heavy (non-hydrogen) atoms. The highest BCUT2D eigenvalue weighted by molar-refractivity contribution is 7.13. The average molecular weight is 669 g/mol. The van der Waals surface area contributed by atoms with Gasteiger partial charge >= 0.3 is 11.9 Å². The molecule has 0 saturated heterocycles. The monoisotopic (exact) mass is 668 g/mol. The predicted octanol–water partition coefficient (Wildman–Crippen LogP) is 5.73. The molecule has 1 aliphatic rings. The van der Waals surface area contributed by atoms with Crippen molar-refractivity contribution in [1.29, 1.82) is 0 Å². The van der Waals surface area contributed by atoms with Crippen LogP contribution in [-0.4, -0.2) is 47.5 Å². The number of esters is 1. The zero-order valence-corrected chi connectivity index (χ0v) is 27.5. The van der Waals surface area contributed by atoms with Crippen molar-refractivity contribution in [2.75, 3.05) is 0 Å². The molecule has 3 aromatic heterocycles. The Kier molecular flexibility index (Phi) is 10.1. The van der Waals surface area contributed by atoms with Crippen LogP contribution in [0.3, 0.4) is 0 Å². The first-order chi connectivity index (χ1) is 21.3. The molecular formula is C32H34ClFN6O5S. The van der Waals surface area contributed by atoms with Gasteiger partial charge in [0.05, 0.1) is 28.2 Å². The lowest BCUT2D eigenvalue weighted by molar-refractivity contribution is 0.00682. The summed E-state index contributed by atoms with van der Waals surface area (Å²) in [4.78, 5) is 40.7. The van der Waals surface area contributed by atoms with Crippen LogP contribution >= 0.6 is 23.9 Å². The quantitative estimate of drug-likeness (QED) is 0.199. The van der Waals surface area contributed by atoms with Crippen LogP contribution in [-0.2, 0) is 17.7 Å². The SMILES string of the molecule is Cc1c(C(=O)OC(C)(C)C)ccc2c1CC[C@@H]2NC(=O)c1cc(C(=O)O)nc2c(F)cnn12.Cc1nsc2ccc(CN)cc12.Cl. The Labute approximate surface area is 274 Å². The Morgan fingerprint density at radius 2 is 1.91 bits per heavy atom. The van der Waals surface area contributed by atoms with E-state index in [2.05, 4.69) is 38.0 Å². The number of aromatic nitrogens is 4. The molecule has 11 nitrogen and oxygen atoms in total. The zero-order valence-electron chi connectivity index (χ0n) is 25.9. The summed E-state index contributed by atoms with van der Waals surface area (Å²) in [7, 11) is 0. The number of carbonyl (C=O) groups excluding carboxylic acids is 2. The van der Waals surface area contributed by atoms with Crippen LogP contribution < -0.4 is 11.1 Å². The van der Waals surface area contributed by atoms with Crippen molar-refractivity contribution in [3.05, 3.63) is 93.3 Å². The van der Waals surface area contributed by atoms with Crippen LogP contribution in [0.1, 0.15) is 92.5 Å². The molecule has 1 aliphatic carbocycles. The molecule has 3 heterocycles. The molecule has 0 saturated carbocycles. The summed E-state index contributed by atoms with van der Waals surface area (Å²) in [6, 6.07) is 10.4. The summed E-state index contributed by atoms with van der Waals surface area (Å²) in [6.45, 7) is 9.88. The fraction of sp³-hybridized carbons (Fsp3) is 0.312. The second-order valence-corrected chi connectivity index (χ2v) is 12.5. The van der Waals surface area contributed by atoms with Gasteiger partial charge in [0.2, 0.25) is 0 Å². The van der Waals surface area contributed by atoms with Gasteiger partial charge in [-0.15, -0.1) is 12.4 Å². The number of carboxylic acid groups (broad SMARTS) is 1. The number of nitrogens with two attached hydrogens (primary N) is 1. The van der Waals surface area contributed by atoms with Crippen LogP contribution in [0.2, 0.25) is 0 Å². The number of aryl methyl sites for hydroxylation is 1. The van der Waals surface area contributed by atoms with E-state index in [0.29, 0.717) is 24.9 Å². The normalized spacial score (nSPS) is 13.8. The fourth-order valence-corrected chi connectivity index (χ4v) is 6.02. The van der Waals surface area contributed by atoms with Gasteiger partial charge in [0.15, 0.2) is 17.2 Å². The molecule has 2 aromatic carbocycles. The third kappa shape index (κ3) is 7.01. The topological polar surface area (TPSA) is 162 Å². The number of fused-ring (bicyclic) bond motifs is 3. The number of rotatable bonds is 5. The standard InChI is InChI=1S/C23H23FN4O5.C9H10N2S.ClH/c1-11-12-7-8-16(14(12)6-5-13(11)22(32)33-23(2,3)4)27-20(29)18-9-17(21(30)31)26-19-15(24)10-25-28(18)19;1-6-8-4-7(5-10)2-3-9(8)12-11-6;/h5-6,9-10,16H,7-8H2,1-4H3,(H,27,29)(H,30,31);2-4H,5,10H2,1H3;1H/t16-;;/m0../s1. The van der Waals surface area contributed by atoms with Crippen molar-refractivity contribution >= 4 is 57.5 Å². The molecule has 0 bridgehead atoms. The number of benzene rings is 2. The number of nitrogens with one attached hydrogen (secondary N) is 1. The highest BCUT2D eigenvalue weighted by Gasteiger charge is 2.30. The van der Waals surface area contributed by atoms with Gasteiger partial charge in [-0.05, 0) is 99.4 Å². The summed E-state index contributed by atoms with van der Waals surface area (Å²) in [5, 5.41) is 17.2. The molecule has 0 spiro atoms. The fourth-order valence-electron chi connectivity index (χ4n) is 5.26. The largest absolute Gasteiger partial charge is 0.477 e. The van der Waals surface area contributed by atoms with E-state index >= 15 is 0 Å². The van der Waals surface area contributed by atoms with Gasteiger partial charge in [0.1, 0.15) is 11.3 Å². The first kappa shape index (κ1) is 34.4. The first-order valence-electron chi connectivity index (χ1n) is 14.3. The molecule has 1 atom stereocenters. The van der Waals surface area contributed by atoms with Crippen molar-refractivity contribution in [2.45, 2.75) is 65.6 Å². The number of aromatic carboxylic acids is 1.